The first-order valence-corrected chi connectivity index (χ1v) is 9.65. The van der Waals surface area contributed by atoms with Crippen molar-refractivity contribution in [2.45, 2.75) is 26.7 Å². The van der Waals surface area contributed by atoms with E-state index in [4.69, 9.17) is 18.9 Å². The van der Waals surface area contributed by atoms with Gasteiger partial charge in [0.2, 0.25) is 17.7 Å². The standard InChI is InChI=1S/C18H35N3O7/c1-3-4-5-20-17(23)14-27-13-11-26-9-7-21-18(24)15-28-12-10-25-8-6-19-16(2)22/h3-15H2,1-2H3,(H,19,22)(H,20,23)(H,21,24). The van der Waals surface area contributed by atoms with Crippen LogP contribution < -0.4 is 16.0 Å². The number of hydrogen-bond donors (Lipinski definition) is 3. The summed E-state index contributed by atoms with van der Waals surface area (Å²) in [5.74, 6) is -0.459. The van der Waals surface area contributed by atoms with Crippen LogP contribution in [0.5, 0.6) is 0 Å². The van der Waals surface area contributed by atoms with Gasteiger partial charge in [-0.1, -0.05) is 13.3 Å². The molecule has 0 aromatic carbocycles. The van der Waals surface area contributed by atoms with Crippen molar-refractivity contribution in [1.82, 2.24) is 16.0 Å². The molecule has 164 valence electrons. The Morgan fingerprint density at radius 1 is 0.643 bits per heavy atom. The van der Waals surface area contributed by atoms with Gasteiger partial charge in [-0.25, -0.2) is 0 Å². The maximum atomic E-state index is 11.5. The highest BCUT2D eigenvalue weighted by Gasteiger charge is 2.02. The van der Waals surface area contributed by atoms with Crippen LogP contribution in [0.3, 0.4) is 0 Å². The molecule has 0 fully saturated rings. The predicted octanol–water partition coefficient (Wildman–Crippen LogP) is -0.779. The lowest BCUT2D eigenvalue weighted by Gasteiger charge is -2.08. The maximum Gasteiger partial charge on any atom is 0.246 e. The number of carbonyl (C=O) groups excluding carboxylic acids is 3. The van der Waals surface area contributed by atoms with Crippen molar-refractivity contribution >= 4 is 17.7 Å². The van der Waals surface area contributed by atoms with Crippen molar-refractivity contribution in [3.05, 3.63) is 0 Å². The second-order valence-electron chi connectivity index (χ2n) is 5.87. The topological polar surface area (TPSA) is 124 Å². The summed E-state index contributed by atoms with van der Waals surface area (Å²) in [6.07, 6.45) is 1.99. The van der Waals surface area contributed by atoms with Gasteiger partial charge in [0.05, 0.1) is 39.6 Å². The quantitative estimate of drug-likeness (QED) is 0.241. The van der Waals surface area contributed by atoms with Gasteiger partial charge < -0.3 is 34.9 Å². The Kier molecular flexibility index (Phi) is 18.7. The molecule has 10 heteroatoms. The van der Waals surface area contributed by atoms with Crippen molar-refractivity contribution in [2.75, 3.05) is 72.5 Å². The van der Waals surface area contributed by atoms with Gasteiger partial charge in [0, 0.05) is 26.6 Å². The van der Waals surface area contributed by atoms with Crippen molar-refractivity contribution < 1.29 is 33.3 Å². The van der Waals surface area contributed by atoms with E-state index >= 15 is 0 Å². The summed E-state index contributed by atoms with van der Waals surface area (Å²) < 4.78 is 20.9. The minimum absolute atomic E-state index is 0.0259. The number of carbonyl (C=O) groups is 3. The van der Waals surface area contributed by atoms with Crippen molar-refractivity contribution in [2.24, 2.45) is 0 Å². The largest absolute Gasteiger partial charge is 0.377 e. The molecular weight excluding hydrogens is 370 g/mol. The average molecular weight is 405 g/mol. The Morgan fingerprint density at radius 3 is 1.61 bits per heavy atom. The smallest absolute Gasteiger partial charge is 0.246 e. The second kappa shape index (κ2) is 20.0. The van der Waals surface area contributed by atoms with Crippen LogP contribution in [0, 0.1) is 0 Å². The Bertz CT molecular complexity index is 422. The highest BCUT2D eigenvalue weighted by molar-refractivity contribution is 5.77. The van der Waals surface area contributed by atoms with E-state index in [2.05, 4.69) is 22.9 Å². The summed E-state index contributed by atoms with van der Waals surface area (Å²) in [6.45, 7) is 7.05. The van der Waals surface area contributed by atoms with E-state index in [0.717, 1.165) is 12.8 Å². The zero-order valence-electron chi connectivity index (χ0n) is 17.1. The minimum atomic E-state index is -0.234. The highest BCUT2D eigenvalue weighted by Crippen LogP contribution is 1.84. The van der Waals surface area contributed by atoms with Crippen LogP contribution in [-0.4, -0.2) is 90.2 Å². The number of nitrogens with one attached hydrogen (secondary N) is 3. The van der Waals surface area contributed by atoms with E-state index in [0.29, 0.717) is 59.3 Å². The molecule has 0 atom stereocenters. The van der Waals surface area contributed by atoms with Crippen molar-refractivity contribution in [3.8, 4) is 0 Å². The number of hydrogen-bond acceptors (Lipinski definition) is 7. The molecule has 0 saturated carbocycles. The van der Waals surface area contributed by atoms with Gasteiger partial charge >= 0.3 is 0 Å². The van der Waals surface area contributed by atoms with Crippen LogP contribution in [-0.2, 0) is 33.3 Å². The molecule has 0 aliphatic rings. The molecule has 0 radical (unpaired) electrons. The molecule has 28 heavy (non-hydrogen) atoms. The number of ether oxygens (including phenoxy) is 4. The Balaban J connectivity index is 3.26. The van der Waals surface area contributed by atoms with Gasteiger partial charge in [-0.15, -0.1) is 0 Å². The summed E-state index contributed by atoms with van der Waals surface area (Å²) in [6, 6.07) is 0. The molecule has 0 rings (SSSR count). The van der Waals surface area contributed by atoms with Crippen LogP contribution in [0.4, 0.5) is 0 Å². The molecule has 0 aromatic heterocycles. The number of amides is 3. The summed E-state index contributed by atoms with van der Waals surface area (Å²) >= 11 is 0. The fraction of sp³-hybridized carbons (Fsp3) is 0.833. The summed E-state index contributed by atoms with van der Waals surface area (Å²) in [4.78, 5) is 33.5. The Morgan fingerprint density at radius 2 is 1.11 bits per heavy atom. The molecule has 0 aliphatic heterocycles. The molecule has 3 N–H and O–H groups in total. The SMILES string of the molecule is CCCCNC(=O)COCCOCCNC(=O)COCCOCCNC(C)=O. The lowest BCUT2D eigenvalue weighted by atomic mass is 10.3. The lowest BCUT2D eigenvalue weighted by Crippen LogP contribution is -2.31. The molecule has 0 aliphatic carbocycles. The molecule has 0 heterocycles. The van der Waals surface area contributed by atoms with E-state index in [1.54, 1.807) is 0 Å². The maximum absolute atomic E-state index is 11.5. The average Bonchev–Trinajstić information content (AvgIpc) is 2.66. The Hall–Kier alpha value is -1.75. The predicted molar refractivity (Wildman–Crippen MR) is 103 cm³/mol. The van der Waals surface area contributed by atoms with Crippen LogP contribution in [0.25, 0.3) is 0 Å². The molecule has 0 bridgehead atoms. The van der Waals surface area contributed by atoms with Gasteiger partial charge in [-0.3, -0.25) is 14.4 Å². The molecule has 0 saturated heterocycles. The Labute approximate surface area is 167 Å². The van der Waals surface area contributed by atoms with E-state index in [9.17, 15) is 14.4 Å². The zero-order valence-corrected chi connectivity index (χ0v) is 17.1. The summed E-state index contributed by atoms with van der Waals surface area (Å²) in [5, 5.41) is 8.03. The van der Waals surface area contributed by atoms with E-state index in [-0.39, 0.29) is 30.9 Å². The molecule has 0 unspecified atom stereocenters. The van der Waals surface area contributed by atoms with Crippen molar-refractivity contribution in [3.63, 3.8) is 0 Å². The van der Waals surface area contributed by atoms with Gasteiger partial charge in [0.15, 0.2) is 0 Å². The van der Waals surface area contributed by atoms with Crippen molar-refractivity contribution in [1.29, 1.82) is 0 Å². The molecular formula is C18H35N3O7. The monoisotopic (exact) mass is 405 g/mol. The van der Waals surface area contributed by atoms with Crippen LogP contribution in [0.2, 0.25) is 0 Å². The summed E-state index contributed by atoms with van der Waals surface area (Å²) in [7, 11) is 0. The first-order valence-electron chi connectivity index (χ1n) is 9.65. The molecule has 0 spiro atoms. The minimum Gasteiger partial charge on any atom is -0.377 e. The number of unbranched alkanes of at least 4 members (excludes halogenated alkanes) is 1. The van der Waals surface area contributed by atoms with Gasteiger partial charge in [0.1, 0.15) is 13.2 Å². The van der Waals surface area contributed by atoms with Crippen LogP contribution >= 0.6 is 0 Å². The first-order chi connectivity index (χ1) is 13.6. The van der Waals surface area contributed by atoms with Gasteiger partial charge in [0.25, 0.3) is 0 Å². The number of rotatable bonds is 19. The van der Waals surface area contributed by atoms with Gasteiger partial charge in [-0.05, 0) is 6.42 Å². The summed E-state index contributed by atoms with van der Waals surface area (Å²) in [5.41, 5.74) is 0. The van der Waals surface area contributed by atoms with E-state index in [1.165, 1.54) is 6.92 Å². The third-order valence-electron chi connectivity index (χ3n) is 3.25. The fourth-order valence-corrected chi connectivity index (χ4v) is 1.84. The fourth-order valence-electron chi connectivity index (χ4n) is 1.84. The zero-order chi connectivity index (χ0) is 20.9. The van der Waals surface area contributed by atoms with Crippen LogP contribution in [0.15, 0.2) is 0 Å². The van der Waals surface area contributed by atoms with E-state index in [1.807, 2.05) is 0 Å². The third kappa shape index (κ3) is 20.6. The molecule has 3 amide bonds. The van der Waals surface area contributed by atoms with E-state index < -0.39 is 0 Å². The normalized spacial score (nSPS) is 10.5. The van der Waals surface area contributed by atoms with Gasteiger partial charge in [-0.2, -0.15) is 0 Å². The first kappa shape index (κ1) is 26.2. The molecule has 0 aromatic rings. The second-order valence-corrected chi connectivity index (χ2v) is 5.87. The molecule has 10 nitrogen and oxygen atoms in total. The third-order valence-corrected chi connectivity index (χ3v) is 3.25. The van der Waals surface area contributed by atoms with Crippen LogP contribution in [0.1, 0.15) is 26.7 Å². The lowest BCUT2D eigenvalue weighted by molar-refractivity contribution is -0.127. The highest BCUT2D eigenvalue weighted by atomic mass is 16.5.